The van der Waals surface area contributed by atoms with Gasteiger partial charge in [0.25, 0.3) is 0 Å². The number of hydrogen-bond donors (Lipinski definition) is 1. The minimum Gasteiger partial charge on any atom is -0.343 e. The summed E-state index contributed by atoms with van der Waals surface area (Å²) in [6, 6.07) is 7.57. The molecule has 0 radical (unpaired) electrons. The maximum Gasteiger partial charge on any atom is 0.193 e. The highest BCUT2D eigenvalue weighted by atomic mass is 35.5. The normalized spacial score (nSPS) is 30.7. The van der Waals surface area contributed by atoms with Crippen LogP contribution in [-0.4, -0.2) is 18.5 Å². The molecule has 0 saturated carbocycles. The summed E-state index contributed by atoms with van der Waals surface area (Å²) in [4.78, 5) is 0. The SMILES string of the molecule is CC1(c2ccccc2Cl)OCC(CS)O1. The van der Waals surface area contributed by atoms with E-state index in [0.717, 1.165) is 5.56 Å². The van der Waals surface area contributed by atoms with Crippen LogP contribution in [0.5, 0.6) is 0 Å². The molecule has 0 aliphatic carbocycles. The van der Waals surface area contributed by atoms with Crippen LogP contribution in [0.25, 0.3) is 0 Å². The number of hydrogen-bond acceptors (Lipinski definition) is 3. The highest BCUT2D eigenvalue weighted by Gasteiger charge is 2.39. The van der Waals surface area contributed by atoms with E-state index in [1.54, 1.807) is 0 Å². The molecule has 1 aromatic rings. The molecule has 0 amide bonds. The number of halogens is 1. The fourth-order valence-electron chi connectivity index (χ4n) is 1.70. The van der Waals surface area contributed by atoms with Gasteiger partial charge in [-0.05, 0) is 13.0 Å². The Balaban J connectivity index is 2.27. The van der Waals surface area contributed by atoms with Crippen molar-refractivity contribution in [2.24, 2.45) is 0 Å². The molecule has 2 rings (SSSR count). The molecule has 1 aliphatic heterocycles. The molecular weight excluding hydrogens is 232 g/mol. The molecule has 1 heterocycles. The van der Waals surface area contributed by atoms with E-state index in [-0.39, 0.29) is 6.10 Å². The van der Waals surface area contributed by atoms with Crippen LogP contribution in [0.4, 0.5) is 0 Å². The molecule has 1 aliphatic rings. The molecule has 2 nitrogen and oxygen atoms in total. The van der Waals surface area contributed by atoms with Gasteiger partial charge in [0.1, 0.15) is 0 Å². The van der Waals surface area contributed by atoms with E-state index in [1.807, 2.05) is 31.2 Å². The quantitative estimate of drug-likeness (QED) is 0.807. The van der Waals surface area contributed by atoms with Crippen LogP contribution in [0.15, 0.2) is 24.3 Å². The molecular formula is C11H13ClO2S. The lowest BCUT2D eigenvalue weighted by molar-refractivity contribution is -0.159. The predicted octanol–water partition coefficient (Wildman–Crippen LogP) is 2.86. The molecule has 0 spiro atoms. The number of thiol groups is 1. The minimum absolute atomic E-state index is 0.0367. The Hall–Kier alpha value is -0.220. The molecule has 0 bridgehead atoms. The Morgan fingerprint density at radius 1 is 1.53 bits per heavy atom. The third kappa shape index (κ3) is 2.16. The second kappa shape index (κ2) is 4.34. The fourth-order valence-corrected chi connectivity index (χ4v) is 2.19. The van der Waals surface area contributed by atoms with Crippen molar-refractivity contribution < 1.29 is 9.47 Å². The summed E-state index contributed by atoms with van der Waals surface area (Å²) in [5, 5.41) is 0.666. The molecule has 82 valence electrons. The van der Waals surface area contributed by atoms with E-state index in [0.29, 0.717) is 17.4 Å². The Bertz CT molecular complexity index is 358. The van der Waals surface area contributed by atoms with Crippen molar-refractivity contribution in [3.05, 3.63) is 34.9 Å². The van der Waals surface area contributed by atoms with Gasteiger partial charge in [-0.2, -0.15) is 12.6 Å². The summed E-state index contributed by atoms with van der Waals surface area (Å²) in [7, 11) is 0. The van der Waals surface area contributed by atoms with Gasteiger partial charge in [-0.3, -0.25) is 0 Å². The van der Waals surface area contributed by atoms with Gasteiger partial charge in [0, 0.05) is 16.3 Å². The zero-order valence-corrected chi connectivity index (χ0v) is 10.1. The van der Waals surface area contributed by atoms with Crippen LogP contribution in [0.3, 0.4) is 0 Å². The van der Waals surface area contributed by atoms with E-state index in [9.17, 15) is 0 Å². The zero-order valence-electron chi connectivity index (χ0n) is 8.44. The van der Waals surface area contributed by atoms with Crippen LogP contribution in [0.1, 0.15) is 12.5 Å². The fraction of sp³-hybridized carbons (Fsp3) is 0.455. The Morgan fingerprint density at radius 2 is 2.27 bits per heavy atom. The van der Waals surface area contributed by atoms with Crippen LogP contribution >= 0.6 is 24.2 Å². The van der Waals surface area contributed by atoms with Gasteiger partial charge in [0.05, 0.1) is 12.7 Å². The summed E-state index contributed by atoms with van der Waals surface area (Å²) >= 11 is 10.3. The van der Waals surface area contributed by atoms with Gasteiger partial charge < -0.3 is 9.47 Å². The first-order valence-electron chi connectivity index (χ1n) is 4.83. The summed E-state index contributed by atoms with van der Waals surface area (Å²) in [5.41, 5.74) is 0.871. The lowest BCUT2D eigenvalue weighted by atomic mass is 10.1. The summed E-state index contributed by atoms with van der Waals surface area (Å²) in [6.07, 6.45) is 0.0367. The van der Waals surface area contributed by atoms with Crippen molar-refractivity contribution in [2.45, 2.75) is 18.8 Å². The van der Waals surface area contributed by atoms with Crippen LogP contribution in [0.2, 0.25) is 5.02 Å². The van der Waals surface area contributed by atoms with Crippen molar-refractivity contribution >= 4 is 24.2 Å². The zero-order chi connectivity index (χ0) is 10.9. The first-order valence-corrected chi connectivity index (χ1v) is 5.84. The van der Waals surface area contributed by atoms with Gasteiger partial charge >= 0.3 is 0 Å². The summed E-state index contributed by atoms with van der Waals surface area (Å²) in [5.74, 6) is -0.0776. The van der Waals surface area contributed by atoms with E-state index in [2.05, 4.69) is 12.6 Å². The van der Waals surface area contributed by atoms with Crippen molar-refractivity contribution in [1.82, 2.24) is 0 Å². The first-order chi connectivity index (χ1) is 7.15. The lowest BCUT2D eigenvalue weighted by Gasteiger charge is -2.24. The maximum absolute atomic E-state index is 6.11. The van der Waals surface area contributed by atoms with E-state index < -0.39 is 5.79 Å². The maximum atomic E-state index is 6.11. The molecule has 0 aromatic heterocycles. The average Bonchev–Trinajstić information content (AvgIpc) is 2.62. The van der Waals surface area contributed by atoms with Gasteiger partial charge in [-0.25, -0.2) is 0 Å². The molecule has 4 heteroatoms. The number of rotatable bonds is 2. The third-order valence-corrected chi connectivity index (χ3v) is 3.24. The molecule has 0 N–H and O–H groups in total. The van der Waals surface area contributed by atoms with Gasteiger partial charge in [0.15, 0.2) is 5.79 Å². The van der Waals surface area contributed by atoms with Crippen molar-refractivity contribution in [1.29, 1.82) is 0 Å². The van der Waals surface area contributed by atoms with Crippen molar-refractivity contribution in [3.63, 3.8) is 0 Å². The molecule has 1 fully saturated rings. The number of benzene rings is 1. The smallest absolute Gasteiger partial charge is 0.193 e. The monoisotopic (exact) mass is 244 g/mol. The lowest BCUT2D eigenvalue weighted by Crippen LogP contribution is -2.24. The minimum atomic E-state index is -0.730. The second-order valence-electron chi connectivity index (χ2n) is 3.66. The summed E-state index contributed by atoms with van der Waals surface area (Å²) < 4.78 is 11.4. The largest absolute Gasteiger partial charge is 0.343 e. The third-order valence-electron chi connectivity index (χ3n) is 2.50. The van der Waals surface area contributed by atoms with Gasteiger partial charge in [0.2, 0.25) is 0 Å². The first kappa shape index (κ1) is 11.3. The Kier molecular flexibility index (Phi) is 3.26. The molecule has 1 aromatic carbocycles. The Morgan fingerprint density at radius 3 is 2.87 bits per heavy atom. The summed E-state index contributed by atoms with van der Waals surface area (Å²) in [6.45, 7) is 2.45. The molecule has 15 heavy (non-hydrogen) atoms. The van der Waals surface area contributed by atoms with Crippen LogP contribution < -0.4 is 0 Å². The van der Waals surface area contributed by atoms with Crippen LogP contribution in [0, 0.1) is 0 Å². The Labute approximate surface area is 99.9 Å². The second-order valence-corrected chi connectivity index (χ2v) is 4.43. The van der Waals surface area contributed by atoms with Crippen LogP contribution in [-0.2, 0) is 15.3 Å². The van der Waals surface area contributed by atoms with Gasteiger partial charge in [-0.1, -0.05) is 29.8 Å². The van der Waals surface area contributed by atoms with E-state index in [1.165, 1.54) is 0 Å². The highest BCUT2D eigenvalue weighted by molar-refractivity contribution is 7.80. The average molecular weight is 245 g/mol. The van der Waals surface area contributed by atoms with Gasteiger partial charge in [-0.15, -0.1) is 0 Å². The standard InChI is InChI=1S/C11H13ClO2S/c1-11(13-6-8(7-15)14-11)9-4-2-3-5-10(9)12/h2-5,8,15H,6-7H2,1H3. The molecule has 1 saturated heterocycles. The van der Waals surface area contributed by atoms with Crippen molar-refractivity contribution in [3.8, 4) is 0 Å². The molecule has 2 atom stereocenters. The predicted molar refractivity (Wildman–Crippen MR) is 63.5 cm³/mol. The number of ether oxygens (including phenoxy) is 2. The van der Waals surface area contributed by atoms with Crippen molar-refractivity contribution in [2.75, 3.05) is 12.4 Å². The molecule has 2 unspecified atom stereocenters. The van der Waals surface area contributed by atoms with E-state index >= 15 is 0 Å². The van der Waals surface area contributed by atoms with E-state index in [4.69, 9.17) is 21.1 Å². The highest BCUT2D eigenvalue weighted by Crippen LogP contribution is 2.37. The topological polar surface area (TPSA) is 18.5 Å².